The molecule has 0 spiro atoms. The van der Waals surface area contributed by atoms with Crippen LogP contribution in [0.3, 0.4) is 0 Å². The quantitative estimate of drug-likeness (QED) is 0.127. The van der Waals surface area contributed by atoms with E-state index < -0.39 is 5.97 Å². The van der Waals surface area contributed by atoms with Crippen molar-refractivity contribution < 1.29 is 14.7 Å². The molecule has 3 heterocycles. The Morgan fingerprint density at radius 2 is 1.68 bits per heavy atom. The number of thiocarbonyl (C=S) groups is 1. The van der Waals surface area contributed by atoms with E-state index in [9.17, 15) is 9.59 Å². The monoisotopic (exact) mass is 553 g/mol. The molecular formula is C28H31N3O3S3. The Balaban J connectivity index is 1.32. The van der Waals surface area contributed by atoms with Crippen LogP contribution < -0.4 is 0 Å². The number of thiophene rings is 1. The van der Waals surface area contributed by atoms with E-state index in [-0.39, 0.29) is 12.3 Å². The SMILES string of the molecule is O=C(O)CCCCCCCCCCN1C(=O)/C(=C/c2cn(-c3ccccc3)nc2-c2cccs2)SC1=S. The number of amides is 1. The molecule has 1 amide bonds. The fourth-order valence-electron chi connectivity index (χ4n) is 4.25. The summed E-state index contributed by atoms with van der Waals surface area (Å²) in [4.78, 5) is 27.2. The van der Waals surface area contributed by atoms with Gasteiger partial charge in [-0.1, -0.05) is 86.8 Å². The maximum atomic E-state index is 13.2. The third-order valence-corrected chi connectivity index (χ3v) is 8.45. The van der Waals surface area contributed by atoms with E-state index in [1.54, 1.807) is 16.2 Å². The van der Waals surface area contributed by atoms with Gasteiger partial charge < -0.3 is 5.11 Å². The van der Waals surface area contributed by atoms with Gasteiger partial charge in [-0.2, -0.15) is 5.10 Å². The Hall–Kier alpha value is -2.75. The second-order valence-electron chi connectivity index (χ2n) is 9.00. The number of rotatable bonds is 14. The number of carboxylic acids is 1. The lowest BCUT2D eigenvalue weighted by atomic mass is 10.1. The van der Waals surface area contributed by atoms with Crippen LogP contribution in [-0.4, -0.2) is 42.5 Å². The number of unbranched alkanes of at least 4 members (excludes halogenated alkanes) is 7. The number of benzene rings is 1. The van der Waals surface area contributed by atoms with Crippen molar-refractivity contribution in [2.45, 2.75) is 57.8 Å². The van der Waals surface area contributed by atoms with E-state index in [0.29, 0.717) is 15.8 Å². The van der Waals surface area contributed by atoms with E-state index in [2.05, 4.69) is 0 Å². The average Bonchev–Trinajstić information content (AvgIpc) is 3.62. The summed E-state index contributed by atoms with van der Waals surface area (Å²) in [6.07, 6.45) is 12.4. The molecule has 6 nitrogen and oxygen atoms in total. The summed E-state index contributed by atoms with van der Waals surface area (Å²) >= 11 is 8.54. The minimum absolute atomic E-state index is 0.0296. The fourth-order valence-corrected chi connectivity index (χ4v) is 6.28. The zero-order valence-corrected chi connectivity index (χ0v) is 23.1. The van der Waals surface area contributed by atoms with Crippen LogP contribution >= 0.6 is 35.3 Å². The summed E-state index contributed by atoms with van der Waals surface area (Å²) in [6, 6.07) is 14.0. The first-order valence-electron chi connectivity index (χ1n) is 12.7. The lowest BCUT2D eigenvalue weighted by Gasteiger charge is -2.14. The summed E-state index contributed by atoms with van der Waals surface area (Å²) in [7, 11) is 0. The number of hydrogen-bond acceptors (Lipinski definition) is 6. The predicted molar refractivity (Wildman–Crippen MR) is 156 cm³/mol. The van der Waals surface area contributed by atoms with Crippen molar-refractivity contribution in [3.8, 4) is 16.3 Å². The molecule has 1 aliphatic rings. The number of carboxylic acid groups (broad SMARTS) is 1. The number of nitrogens with zero attached hydrogens (tertiary/aromatic N) is 3. The topological polar surface area (TPSA) is 75.4 Å². The molecule has 1 saturated heterocycles. The highest BCUT2D eigenvalue weighted by atomic mass is 32.2. The molecule has 9 heteroatoms. The van der Waals surface area contributed by atoms with Crippen molar-refractivity contribution >= 4 is 57.6 Å². The molecule has 0 aliphatic carbocycles. The Bertz CT molecular complexity index is 1240. The average molecular weight is 554 g/mol. The molecule has 1 aliphatic heterocycles. The summed E-state index contributed by atoms with van der Waals surface area (Å²) in [5, 5.41) is 15.5. The van der Waals surface area contributed by atoms with Crippen LogP contribution in [0.2, 0.25) is 0 Å². The third-order valence-electron chi connectivity index (χ3n) is 6.20. The van der Waals surface area contributed by atoms with Crippen molar-refractivity contribution in [2.75, 3.05) is 6.54 Å². The molecule has 4 rings (SSSR count). The van der Waals surface area contributed by atoms with Crippen molar-refractivity contribution in [1.82, 2.24) is 14.7 Å². The smallest absolute Gasteiger partial charge is 0.303 e. The first-order valence-corrected chi connectivity index (χ1v) is 14.8. The summed E-state index contributed by atoms with van der Waals surface area (Å²) < 4.78 is 2.47. The number of para-hydroxylation sites is 1. The highest BCUT2D eigenvalue weighted by molar-refractivity contribution is 8.26. The Morgan fingerprint density at radius 3 is 2.35 bits per heavy atom. The highest BCUT2D eigenvalue weighted by Gasteiger charge is 2.32. The second-order valence-corrected chi connectivity index (χ2v) is 11.6. The van der Waals surface area contributed by atoms with E-state index in [4.69, 9.17) is 22.4 Å². The van der Waals surface area contributed by atoms with Crippen molar-refractivity contribution in [3.05, 3.63) is 64.5 Å². The van der Waals surface area contributed by atoms with Crippen molar-refractivity contribution in [2.24, 2.45) is 0 Å². The summed E-state index contributed by atoms with van der Waals surface area (Å²) in [5.41, 5.74) is 2.72. The lowest BCUT2D eigenvalue weighted by Crippen LogP contribution is -2.29. The fraction of sp³-hybridized carbons (Fsp3) is 0.357. The van der Waals surface area contributed by atoms with Gasteiger partial charge in [0.15, 0.2) is 0 Å². The van der Waals surface area contributed by atoms with Gasteiger partial charge in [-0.15, -0.1) is 11.3 Å². The molecule has 0 bridgehead atoms. The van der Waals surface area contributed by atoms with E-state index in [0.717, 1.165) is 73.2 Å². The van der Waals surface area contributed by atoms with Gasteiger partial charge in [0, 0.05) is 24.7 Å². The molecule has 3 aromatic rings. The Labute approximate surface area is 231 Å². The van der Waals surface area contributed by atoms with Crippen molar-refractivity contribution in [3.63, 3.8) is 0 Å². The summed E-state index contributed by atoms with van der Waals surface area (Å²) in [5.74, 6) is -0.742. The number of thioether (sulfide) groups is 1. The van der Waals surface area contributed by atoms with Gasteiger partial charge in [0.05, 0.1) is 15.5 Å². The van der Waals surface area contributed by atoms with E-state index in [1.165, 1.54) is 11.8 Å². The number of aliphatic carboxylic acids is 1. The molecule has 1 aromatic carbocycles. The summed E-state index contributed by atoms with van der Waals surface area (Å²) in [6.45, 7) is 0.641. The zero-order chi connectivity index (χ0) is 26.0. The first-order chi connectivity index (χ1) is 18.0. The molecule has 1 fully saturated rings. The standard InChI is InChI=1S/C28H31N3O3S3/c32-25(33)16-10-5-3-1-2-4-6-11-17-30-27(34)24(37-28(30)35)19-21-20-31(22-13-8-7-9-14-22)29-26(21)23-15-12-18-36-23/h7-9,12-15,18-20H,1-6,10-11,16-17H2,(H,32,33)/b24-19-. The van der Waals surface area contributed by atoms with Crippen LogP contribution in [0.5, 0.6) is 0 Å². The first kappa shape index (κ1) is 27.3. The maximum Gasteiger partial charge on any atom is 0.303 e. The van der Waals surface area contributed by atoms with Gasteiger partial charge in [-0.05, 0) is 42.5 Å². The van der Waals surface area contributed by atoms with E-state index in [1.807, 2.05) is 64.8 Å². The number of hydrogen-bond donors (Lipinski definition) is 1. The number of carbonyl (C=O) groups is 2. The number of carbonyl (C=O) groups excluding carboxylic acids is 1. The van der Waals surface area contributed by atoms with Crippen LogP contribution in [0.4, 0.5) is 0 Å². The largest absolute Gasteiger partial charge is 0.481 e. The van der Waals surface area contributed by atoms with Gasteiger partial charge >= 0.3 is 5.97 Å². The molecule has 37 heavy (non-hydrogen) atoms. The second kappa shape index (κ2) is 13.7. The molecule has 0 atom stereocenters. The lowest BCUT2D eigenvalue weighted by molar-refractivity contribution is -0.137. The van der Waals surface area contributed by atoms with Crippen LogP contribution in [0.1, 0.15) is 63.4 Å². The zero-order valence-electron chi connectivity index (χ0n) is 20.7. The Morgan fingerprint density at radius 1 is 0.973 bits per heavy atom. The minimum Gasteiger partial charge on any atom is -0.481 e. The van der Waals surface area contributed by atoms with Crippen LogP contribution in [0.15, 0.2) is 58.9 Å². The normalized spacial score (nSPS) is 14.7. The predicted octanol–water partition coefficient (Wildman–Crippen LogP) is 7.40. The van der Waals surface area contributed by atoms with Crippen molar-refractivity contribution in [1.29, 1.82) is 0 Å². The van der Waals surface area contributed by atoms with Gasteiger partial charge in [0.2, 0.25) is 0 Å². The molecule has 0 radical (unpaired) electrons. The van der Waals surface area contributed by atoms with Gasteiger partial charge in [0.1, 0.15) is 10.0 Å². The van der Waals surface area contributed by atoms with Gasteiger partial charge in [0.25, 0.3) is 5.91 Å². The molecular weight excluding hydrogens is 523 g/mol. The van der Waals surface area contributed by atoms with Gasteiger partial charge in [-0.3, -0.25) is 14.5 Å². The van der Waals surface area contributed by atoms with Crippen LogP contribution in [-0.2, 0) is 9.59 Å². The van der Waals surface area contributed by atoms with Crippen LogP contribution in [0.25, 0.3) is 22.3 Å². The highest BCUT2D eigenvalue weighted by Crippen LogP contribution is 2.36. The maximum absolute atomic E-state index is 13.2. The molecule has 2 aromatic heterocycles. The number of aromatic nitrogens is 2. The molecule has 1 N–H and O–H groups in total. The van der Waals surface area contributed by atoms with E-state index >= 15 is 0 Å². The van der Waals surface area contributed by atoms with Gasteiger partial charge in [-0.25, -0.2) is 4.68 Å². The molecule has 194 valence electrons. The minimum atomic E-state index is -0.712. The van der Waals surface area contributed by atoms with Crippen LogP contribution in [0, 0.1) is 0 Å². The Kier molecular flexibility index (Phi) is 10.1. The third kappa shape index (κ3) is 7.63. The molecule has 0 saturated carbocycles. The molecule has 0 unspecified atom stereocenters.